The zero-order valence-electron chi connectivity index (χ0n) is 9.27. The minimum absolute atomic E-state index is 0.104. The van der Waals surface area contributed by atoms with Crippen molar-refractivity contribution in [2.75, 3.05) is 31.6 Å². The van der Waals surface area contributed by atoms with Crippen LogP contribution in [0.25, 0.3) is 0 Å². The van der Waals surface area contributed by atoms with Crippen molar-refractivity contribution in [1.82, 2.24) is 4.90 Å². The number of hydrogen-bond donors (Lipinski definition) is 1. The van der Waals surface area contributed by atoms with Crippen molar-refractivity contribution in [3.05, 3.63) is 0 Å². The number of sulfone groups is 1. The van der Waals surface area contributed by atoms with Gasteiger partial charge in [-0.15, -0.1) is 0 Å². The first-order chi connectivity index (χ1) is 6.85. The molecule has 0 aromatic heterocycles. The van der Waals surface area contributed by atoms with Gasteiger partial charge in [-0.25, -0.2) is 8.42 Å². The summed E-state index contributed by atoms with van der Waals surface area (Å²) in [5, 5.41) is 8.49. The molecule has 6 heteroatoms. The predicted molar refractivity (Wildman–Crippen MR) is 58.7 cm³/mol. The lowest BCUT2D eigenvalue weighted by Crippen LogP contribution is -2.28. The zero-order chi connectivity index (χ0) is 11.9. The third-order valence-corrected chi connectivity index (χ3v) is 3.11. The smallest absolute Gasteiger partial charge is 0.304 e. The maximum Gasteiger partial charge on any atom is 0.304 e. The van der Waals surface area contributed by atoms with Crippen LogP contribution >= 0.6 is 0 Å². The lowest BCUT2D eigenvalue weighted by atomic mass is 10.3. The quantitative estimate of drug-likeness (QED) is 0.653. The molecule has 0 rings (SSSR count). The van der Waals surface area contributed by atoms with Crippen molar-refractivity contribution in [3.63, 3.8) is 0 Å². The molecule has 0 aromatic carbocycles. The topological polar surface area (TPSA) is 74.7 Å². The summed E-state index contributed by atoms with van der Waals surface area (Å²) in [5.41, 5.74) is 0. The van der Waals surface area contributed by atoms with Crippen LogP contribution in [0, 0.1) is 0 Å². The Morgan fingerprint density at radius 3 is 2.33 bits per heavy atom. The molecular formula is C9H19NO4S. The van der Waals surface area contributed by atoms with Crippen LogP contribution in [0.15, 0.2) is 0 Å². The second-order valence-corrected chi connectivity index (χ2v) is 5.82. The van der Waals surface area contributed by atoms with Gasteiger partial charge in [0.2, 0.25) is 0 Å². The van der Waals surface area contributed by atoms with Crippen LogP contribution < -0.4 is 0 Å². The SMILES string of the molecule is CCN(CCCS(C)(=O)=O)CCC(=O)O. The van der Waals surface area contributed by atoms with E-state index in [0.29, 0.717) is 19.5 Å². The van der Waals surface area contributed by atoms with Crippen LogP contribution in [0.5, 0.6) is 0 Å². The van der Waals surface area contributed by atoms with E-state index in [4.69, 9.17) is 5.11 Å². The standard InChI is InChI=1S/C9H19NO4S/c1-3-10(7-5-9(11)12)6-4-8-15(2,13)14/h3-8H2,1-2H3,(H,11,12). The third kappa shape index (κ3) is 9.68. The van der Waals surface area contributed by atoms with E-state index in [2.05, 4.69) is 0 Å². The van der Waals surface area contributed by atoms with Gasteiger partial charge in [0, 0.05) is 12.8 Å². The Kier molecular flexibility index (Phi) is 6.51. The highest BCUT2D eigenvalue weighted by molar-refractivity contribution is 7.90. The van der Waals surface area contributed by atoms with Crippen molar-refractivity contribution >= 4 is 15.8 Å². The van der Waals surface area contributed by atoms with Crippen molar-refractivity contribution in [3.8, 4) is 0 Å². The zero-order valence-corrected chi connectivity index (χ0v) is 10.1. The summed E-state index contributed by atoms with van der Waals surface area (Å²) in [6.07, 6.45) is 1.87. The van der Waals surface area contributed by atoms with Gasteiger partial charge in [-0.2, -0.15) is 0 Å². The fraction of sp³-hybridized carbons (Fsp3) is 0.889. The van der Waals surface area contributed by atoms with Gasteiger partial charge in [0.25, 0.3) is 0 Å². The van der Waals surface area contributed by atoms with Crippen molar-refractivity contribution in [2.45, 2.75) is 19.8 Å². The second-order valence-electron chi connectivity index (χ2n) is 3.56. The van der Waals surface area contributed by atoms with E-state index in [0.717, 1.165) is 6.54 Å². The van der Waals surface area contributed by atoms with Crippen molar-refractivity contribution < 1.29 is 18.3 Å². The molecule has 0 aliphatic heterocycles. The molecule has 0 amide bonds. The van der Waals surface area contributed by atoms with Gasteiger partial charge in [0.05, 0.1) is 12.2 Å². The van der Waals surface area contributed by atoms with Gasteiger partial charge >= 0.3 is 5.97 Å². The number of carboxylic acid groups (broad SMARTS) is 1. The van der Waals surface area contributed by atoms with Crippen molar-refractivity contribution in [2.24, 2.45) is 0 Å². The molecule has 0 unspecified atom stereocenters. The van der Waals surface area contributed by atoms with Crippen LogP contribution in [0.1, 0.15) is 19.8 Å². The number of carboxylic acids is 1. The lowest BCUT2D eigenvalue weighted by Gasteiger charge is -2.18. The second kappa shape index (κ2) is 6.79. The van der Waals surface area contributed by atoms with Gasteiger partial charge in [-0.1, -0.05) is 6.92 Å². The molecule has 15 heavy (non-hydrogen) atoms. The van der Waals surface area contributed by atoms with E-state index < -0.39 is 15.8 Å². The van der Waals surface area contributed by atoms with E-state index in [1.807, 2.05) is 11.8 Å². The van der Waals surface area contributed by atoms with E-state index in [1.54, 1.807) is 0 Å². The monoisotopic (exact) mass is 237 g/mol. The summed E-state index contributed by atoms with van der Waals surface area (Å²) in [6, 6.07) is 0. The largest absolute Gasteiger partial charge is 0.481 e. The van der Waals surface area contributed by atoms with E-state index >= 15 is 0 Å². The normalized spacial score (nSPS) is 11.9. The first kappa shape index (κ1) is 14.4. The van der Waals surface area contributed by atoms with Crippen LogP contribution in [-0.2, 0) is 14.6 Å². The third-order valence-electron chi connectivity index (χ3n) is 2.08. The molecule has 0 atom stereocenters. The van der Waals surface area contributed by atoms with Crippen LogP contribution in [0.4, 0.5) is 0 Å². The van der Waals surface area contributed by atoms with Crippen LogP contribution in [0.3, 0.4) is 0 Å². The average molecular weight is 237 g/mol. The van der Waals surface area contributed by atoms with Gasteiger partial charge in [-0.05, 0) is 19.5 Å². The van der Waals surface area contributed by atoms with Gasteiger partial charge in [-0.3, -0.25) is 4.79 Å². The van der Waals surface area contributed by atoms with E-state index in [-0.39, 0.29) is 12.2 Å². The predicted octanol–water partition coefficient (Wildman–Crippen LogP) is 0.218. The lowest BCUT2D eigenvalue weighted by molar-refractivity contribution is -0.137. The number of hydrogen-bond acceptors (Lipinski definition) is 4. The minimum Gasteiger partial charge on any atom is -0.481 e. The molecule has 0 heterocycles. The number of nitrogens with zero attached hydrogens (tertiary/aromatic N) is 1. The number of aliphatic carboxylic acids is 1. The average Bonchev–Trinajstić information content (AvgIpc) is 2.08. The number of rotatable bonds is 8. The van der Waals surface area contributed by atoms with Crippen LogP contribution in [0.2, 0.25) is 0 Å². The highest BCUT2D eigenvalue weighted by Crippen LogP contribution is 1.96. The summed E-state index contributed by atoms with van der Waals surface area (Å²) >= 11 is 0. The van der Waals surface area contributed by atoms with Gasteiger partial charge in [0.15, 0.2) is 0 Å². The number of carbonyl (C=O) groups is 1. The van der Waals surface area contributed by atoms with E-state index in [9.17, 15) is 13.2 Å². The van der Waals surface area contributed by atoms with Crippen LogP contribution in [-0.4, -0.2) is 56.0 Å². The molecule has 0 aliphatic rings. The molecular weight excluding hydrogens is 218 g/mol. The summed E-state index contributed by atoms with van der Waals surface area (Å²) in [6.45, 7) is 3.80. The maximum absolute atomic E-state index is 10.9. The Hall–Kier alpha value is -0.620. The molecule has 5 nitrogen and oxygen atoms in total. The maximum atomic E-state index is 10.9. The fourth-order valence-electron chi connectivity index (χ4n) is 1.23. The molecule has 0 bridgehead atoms. The Balaban J connectivity index is 3.75. The molecule has 0 saturated heterocycles. The highest BCUT2D eigenvalue weighted by Gasteiger charge is 2.07. The van der Waals surface area contributed by atoms with E-state index in [1.165, 1.54) is 6.26 Å². The molecule has 0 aromatic rings. The van der Waals surface area contributed by atoms with Gasteiger partial charge in [0.1, 0.15) is 9.84 Å². The molecule has 90 valence electrons. The molecule has 1 N–H and O–H groups in total. The van der Waals surface area contributed by atoms with Crippen molar-refractivity contribution in [1.29, 1.82) is 0 Å². The first-order valence-corrected chi connectivity index (χ1v) is 7.03. The molecule has 0 fully saturated rings. The molecule has 0 aliphatic carbocycles. The molecule has 0 radical (unpaired) electrons. The molecule has 0 spiro atoms. The summed E-state index contributed by atoms with van der Waals surface area (Å²) in [4.78, 5) is 12.3. The summed E-state index contributed by atoms with van der Waals surface area (Å²) < 4.78 is 21.7. The first-order valence-electron chi connectivity index (χ1n) is 4.97. The van der Waals surface area contributed by atoms with Gasteiger partial charge < -0.3 is 10.0 Å². The fourth-order valence-corrected chi connectivity index (χ4v) is 1.89. The Morgan fingerprint density at radius 1 is 1.33 bits per heavy atom. The Bertz CT molecular complexity index is 286. The summed E-state index contributed by atoms with van der Waals surface area (Å²) in [7, 11) is -2.90. The minimum atomic E-state index is -2.90. The Labute approximate surface area is 91.0 Å². The molecule has 0 saturated carbocycles. The summed E-state index contributed by atoms with van der Waals surface area (Å²) in [5.74, 6) is -0.659. The highest BCUT2D eigenvalue weighted by atomic mass is 32.2. The Morgan fingerprint density at radius 2 is 1.93 bits per heavy atom.